The number of carbonyl (C=O) groups is 1. The summed E-state index contributed by atoms with van der Waals surface area (Å²) in [7, 11) is 1.55. The highest BCUT2D eigenvalue weighted by Crippen LogP contribution is 2.28. The summed E-state index contributed by atoms with van der Waals surface area (Å²) in [4.78, 5) is 11.3. The minimum atomic E-state index is -0.445. The van der Waals surface area contributed by atoms with E-state index in [4.69, 9.17) is 14.2 Å². The molecule has 0 aliphatic heterocycles. The summed E-state index contributed by atoms with van der Waals surface area (Å²) >= 11 is 0. The second-order valence-corrected chi connectivity index (χ2v) is 3.67. The first kappa shape index (κ1) is 14.8. The van der Waals surface area contributed by atoms with Crippen molar-refractivity contribution in [1.29, 1.82) is 0 Å². The van der Waals surface area contributed by atoms with E-state index < -0.39 is 5.97 Å². The van der Waals surface area contributed by atoms with E-state index in [2.05, 4.69) is 6.58 Å². The zero-order valence-corrected chi connectivity index (χ0v) is 11.2. The van der Waals surface area contributed by atoms with Crippen molar-refractivity contribution in [2.24, 2.45) is 0 Å². The fraction of sp³-hybridized carbons (Fsp3) is 0.267. The number of methoxy groups -OCH3 is 1. The van der Waals surface area contributed by atoms with Gasteiger partial charge in [0.2, 0.25) is 0 Å². The standard InChI is InChI=1S/C15H18O4/c1-4-6-12-7-8-13(14(10-12)17-3)19-11-15(16)18-9-5-2/h4-8,10H,2,9,11H2,1,3H3/b6-4-. The average Bonchev–Trinajstić information content (AvgIpc) is 2.43. The molecule has 1 aromatic carbocycles. The third-order valence-corrected chi connectivity index (χ3v) is 2.25. The highest BCUT2D eigenvalue weighted by molar-refractivity contribution is 5.71. The topological polar surface area (TPSA) is 44.8 Å². The van der Waals surface area contributed by atoms with Crippen molar-refractivity contribution in [3.05, 3.63) is 42.5 Å². The van der Waals surface area contributed by atoms with Crippen molar-refractivity contribution in [3.8, 4) is 11.5 Å². The predicted octanol–water partition coefficient (Wildman–Crippen LogP) is 2.84. The average molecular weight is 262 g/mol. The van der Waals surface area contributed by atoms with Gasteiger partial charge in [-0.3, -0.25) is 0 Å². The third-order valence-electron chi connectivity index (χ3n) is 2.25. The van der Waals surface area contributed by atoms with Crippen LogP contribution in [0.5, 0.6) is 11.5 Å². The lowest BCUT2D eigenvalue weighted by atomic mass is 10.2. The second-order valence-electron chi connectivity index (χ2n) is 3.67. The quantitative estimate of drug-likeness (QED) is 0.560. The van der Waals surface area contributed by atoms with Crippen LogP contribution < -0.4 is 9.47 Å². The van der Waals surface area contributed by atoms with Crippen LogP contribution in [0.4, 0.5) is 0 Å². The van der Waals surface area contributed by atoms with Crippen LogP contribution >= 0.6 is 0 Å². The number of allylic oxidation sites excluding steroid dienone is 1. The van der Waals surface area contributed by atoms with Crippen LogP contribution in [0.15, 0.2) is 36.9 Å². The summed E-state index contributed by atoms with van der Waals surface area (Å²) in [6, 6.07) is 5.48. The van der Waals surface area contributed by atoms with Crippen molar-refractivity contribution in [1.82, 2.24) is 0 Å². The maximum Gasteiger partial charge on any atom is 0.344 e. The zero-order valence-electron chi connectivity index (χ0n) is 11.2. The maximum atomic E-state index is 11.3. The van der Waals surface area contributed by atoms with E-state index >= 15 is 0 Å². The van der Waals surface area contributed by atoms with Gasteiger partial charge in [-0.1, -0.05) is 30.9 Å². The molecule has 0 N–H and O–H groups in total. The third kappa shape index (κ3) is 4.87. The Morgan fingerprint density at radius 1 is 1.37 bits per heavy atom. The minimum Gasteiger partial charge on any atom is -0.493 e. The molecule has 0 aliphatic rings. The number of hydrogen-bond donors (Lipinski definition) is 0. The first-order valence-corrected chi connectivity index (χ1v) is 5.91. The van der Waals surface area contributed by atoms with E-state index in [1.165, 1.54) is 6.08 Å². The van der Waals surface area contributed by atoms with Gasteiger partial charge in [0.15, 0.2) is 18.1 Å². The molecule has 0 aliphatic carbocycles. The maximum absolute atomic E-state index is 11.3. The fourth-order valence-electron chi connectivity index (χ4n) is 1.43. The largest absolute Gasteiger partial charge is 0.493 e. The molecule has 1 aromatic rings. The van der Waals surface area contributed by atoms with Gasteiger partial charge in [0.05, 0.1) is 7.11 Å². The fourth-order valence-corrected chi connectivity index (χ4v) is 1.43. The smallest absolute Gasteiger partial charge is 0.344 e. The number of esters is 1. The van der Waals surface area contributed by atoms with Gasteiger partial charge >= 0.3 is 5.97 Å². The Morgan fingerprint density at radius 3 is 2.79 bits per heavy atom. The highest BCUT2D eigenvalue weighted by atomic mass is 16.6. The Morgan fingerprint density at radius 2 is 2.16 bits per heavy atom. The van der Waals surface area contributed by atoms with Gasteiger partial charge < -0.3 is 14.2 Å². The van der Waals surface area contributed by atoms with E-state index in [1.54, 1.807) is 13.2 Å². The van der Waals surface area contributed by atoms with Gasteiger partial charge in [-0.25, -0.2) is 4.79 Å². The summed E-state index contributed by atoms with van der Waals surface area (Å²) in [6.45, 7) is 5.42. The molecular formula is C15H18O4. The van der Waals surface area contributed by atoms with E-state index in [1.807, 2.05) is 31.2 Å². The van der Waals surface area contributed by atoms with E-state index in [0.29, 0.717) is 11.5 Å². The summed E-state index contributed by atoms with van der Waals surface area (Å²) in [5.74, 6) is 0.637. The Hall–Kier alpha value is -2.23. The van der Waals surface area contributed by atoms with E-state index in [-0.39, 0.29) is 13.2 Å². The van der Waals surface area contributed by atoms with Gasteiger partial charge in [0.25, 0.3) is 0 Å². The Kier molecular flexibility index (Phi) is 6.22. The Labute approximate surface area is 113 Å². The molecule has 4 heteroatoms. The molecule has 4 nitrogen and oxygen atoms in total. The molecule has 0 atom stereocenters. The number of rotatable bonds is 7. The molecule has 0 fully saturated rings. The summed E-state index contributed by atoms with van der Waals surface area (Å²) in [6.07, 6.45) is 5.39. The molecule has 0 amide bonds. The molecule has 0 bridgehead atoms. The molecular weight excluding hydrogens is 244 g/mol. The van der Waals surface area contributed by atoms with Crippen molar-refractivity contribution in [3.63, 3.8) is 0 Å². The lowest BCUT2D eigenvalue weighted by molar-refractivity contribution is -0.144. The molecule has 0 saturated heterocycles. The molecule has 102 valence electrons. The van der Waals surface area contributed by atoms with Gasteiger partial charge in [-0.2, -0.15) is 0 Å². The highest BCUT2D eigenvalue weighted by Gasteiger charge is 2.08. The van der Waals surface area contributed by atoms with Crippen molar-refractivity contribution < 1.29 is 19.0 Å². The van der Waals surface area contributed by atoms with Crippen LogP contribution in [0.25, 0.3) is 6.08 Å². The number of ether oxygens (including phenoxy) is 3. The van der Waals surface area contributed by atoms with Crippen molar-refractivity contribution >= 4 is 12.0 Å². The summed E-state index contributed by atoms with van der Waals surface area (Å²) in [5, 5.41) is 0. The molecule has 1 rings (SSSR count). The monoisotopic (exact) mass is 262 g/mol. The van der Waals surface area contributed by atoms with Crippen molar-refractivity contribution in [2.45, 2.75) is 6.92 Å². The van der Waals surface area contributed by atoms with Gasteiger partial charge in [-0.15, -0.1) is 0 Å². The van der Waals surface area contributed by atoms with Crippen LogP contribution in [0.2, 0.25) is 0 Å². The molecule has 0 heterocycles. The molecule has 0 radical (unpaired) electrons. The normalized spacial score (nSPS) is 10.2. The molecule has 0 spiro atoms. The lowest BCUT2D eigenvalue weighted by Crippen LogP contribution is -2.15. The minimum absolute atomic E-state index is 0.160. The number of benzene rings is 1. The van der Waals surface area contributed by atoms with Crippen LogP contribution in [0.1, 0.15) is 12.5 Å². The Balaban J connectivity index is 2.67. The van der Waals surface area contributed by atoms with Gasteiger partial charge in [0, 0.05) is 0 Å². The first-order valence-electron chi connectivity index (χ1n) is 5.91. The predicted molar refractivity (Wildman–Crippen MR) is 74.4 cm³/mol. The molecule has 0 aromatic heterocycles. The molecule has 0 saturated carbocycles. The number of carbonyl (C=O) groups excluding carboxylic acids is 1. The first-order chi connectivity index (χ1) is 9.21. The van der Waals surface area contributed by atoms with Crippen molar-refractivity contribution in [2.75, 3.05) is 20.3 Å². The molecule has 0 unspecified atom stereocenters. The van der Waals surface area contributed by atoms with E-state index in [9.17, 15) is 4.79 Å². The summed E-state index contributed by atoms with van der Waals surface area (Å²) in [5.41, 5.74) is 1.00. The summed E-state index contributed by atoms with van der Waals surface area (Å²) < 4.78 is 15.4. The van der Waals surface area contributed by atoms with Crippen LogP contribution in [0, 0.1) is 0 Å². The Bertz CT molecular complexity index is 463. The molecule has 19 heavy (non-hydrogen) atoms. The van der Waals surface area contributed by atoms with Gasteiger partial charge in [0.1, 0.15) is 6.61 Å². The van der Waals surface area contributed by atoms with Crippen LogP contribution in [-0.4, -0.2) is 26.3 Å². The second kappa shape index (κ2) is 7.97. The van der Waals surface area contributed by atoms with E-state index in [0.717, 1.165) is 5.56 Å². The van der Waals surface area contributed by atoms with Crippen LogP contribution in [-0.2, 0) is 9.53 Å². The lowest BCUT2D eigenvalue weighted by Gasteiger charge is -2.10. The van der Waals surface area contributed by atoms with Gasteiger partial charge in [-0.05, 0) is 24.6 Å². The SMILES string of the molecule is C=CCOC(=O)COc1ccc(/C=C\C)cc1OC. The van der Waals surface area contributed by atoms with Crippen LogP contribution in [0.3, 0.4) is 0 Å². The number of hydrogen-bond acceptors (Lipinski definition) is 4. The zero-order chi connectivity index (χ0) is 14.1.